The number of likely N-dealkylation sites (tertiary alicyclic amines) is 1. The van der Waals surface area contributed by atoms with E-state index >= 15 is 0 Å². The Balaban J connectivity index is 1.60. The van der Waals surface area contributed by atoms with Crippen LogP contribution in [0.4, 0.5) is 4.79 Å². The highest BCUT2D eigenvalue weighted by Crippen LogP contribution is 2.26. The van der Waals surface area contributed by atoms with Gasteiger partial charge in [0.2, 0.25) is 11.8 Å². The molecular weight excluding hydrogens is 308 g/mol. The van der Waals surface area contributed by atoms with Gasteiger partial charge in [0.1, 0.15) is 0 Å². The summed E-state index contributed by atoms with van der Waals surface area (Å²) >= 11 is 2.61. The number of imide groups is 1. The zero-order valence-electron chi connectivity index (χ0n) is 11.2. The summed E-state index contributed by atoms with van der Waals surface area (Å²) in [6, 6.07) is 3.71. The van der Waals surface area contributed by atoms with Gasteiger partial charge in [-0.25, -0.2) is 0 Å². The first-order valence-electron chi connectivity index (χ1n) is 6.64. The van der Waals surface area contributed by atoms with Crippen molar-refractivity contribution in [2.75, 3.05) is 18.8 Å². The van der Waals surface area contributed by atoms with Crippen LogP contribution in [0.3, 0.4) is 0 Å². The smallest absolute Gasteiger partial charge is 0.289 e. The normalized spacial score (nSPS) is 22.8. The molecule has 1 atom stereocenters. The van der Waals surface area contributed by atoms with Crippen LogP contribution in [0.2, 0.25) is 0 Å². The van der Waals surface area contributed by atoms with Crippen LogP contribution in [-0.2, 0) is 9.59 Å². The number of rotatable bonds is 3. The Morgan fingerprint density at radius 2 is 2.24 bits per heavy atom. The van der Waals surface area contributed by atoms with Gasteiger partial charge in [0.05, 0.1) is 11.8 Å². The van der Waals surface area contributed by atoms with Gasteiger partial charge in [-0.15, -0.1) is 11.3 Å². The SMILES string of the molecule is O=C(/C=C/c1cccs1)N1CCC(N2C(=O)CSC2=O)C1. The topological polar surface area (TPSA) is 57.7 Å². The molecule has 1 aromatic rings. The van der Waals surface area contributed by atoms with Gasteiger partial charge >= 0.3 is 0 Å². The molecule has 2 saturated heterocycles. The van der Waals surface area contributed by atoms with Crippen molar-refractivity contribution in [2.24, 2.45) is 0 Å². The van der Waals surface area contributed by atoms with Crippen LogP contribution < -0.4 is 0 Å². The summed E-state index contributed by atoms with van der Waals surface area (Å²) in [4.78, 5) is 39.5. The van der Waals surface area contributed by atoms with Crippen LogP contribution in [-0.4, -0.2) is 51.7 Å². The molecule has 2 aliphatic heterocycles. The number of carbonyl (C=O) groups is 3. The van der Waals surface area contributed by atoms with Crippen molar-refractivity contribution in [3.8, 4) is 0 Å². The van der Waals surface area contributed by atoms with E-state index in [4.69, 9.17) is 0 Å². The van der Waals surface area contributed by atoms with Crippen LogP contribution >= 0.6 is 23.1 Å². The van der Waals surface area contributed by atoms with Crippen molar-refractivity contribution in [1.29, 1.82) is 0 Å². The lowest BCUT2D eigenvalue weighted by molar-refractivity contribution is -0.128. The predicted molar refractivity (Wildman–Crippen MR) is 83.0 cm³/mol. The van der Waals surface area contributed by atoms with Crippen molar-refractivity contribution < 1.29 is 14.4 Å². The van der Waals surface area contributed by atoms with Crippen LogP contribution in [0.1, 0.15) is 11.3 Å². The standard InChI is InChI=1S/C14H14N2O3S2/c17-12(4-3-11-2-1-7-20-11)15-6-5-10(8-15)16-13(18)9-21-14(16)19/h1-4,7,10H,5-6,8-9H2/b4-3+. The second kappa shape index (κ2) is 6.03. The average molecular weight is 322 g/mol. The monoisotopic (exact) mass is 322 g/mol. The summed E-state index contributed by atoms with van der Waals surface area (Å²) in [5, 5.41) is 1.77. The molecule has 5 nitrogen and oxygen atoms in total. The van der Waals surface area contributed by atoms with Gasteiger partial charge in [-0.2, -0.15) is 0 Å². The molecule has 0 aliphatic carbocycles. The van der Waals surface area contributed by atoms with Gasteiger partial charge in [-0.05, 0) is 23.9 Å². The molecule has 3 rings (SSSR count). The first kappa shape index (κ1) is 14.3. The molecule has 0 saturated carbocycles. The number of carbonyl (C=O) groups excluding carboxylic acids is 3. The second-order valence-electron chi connectivity index (χ2n) is 4.89. The Hall–Kier alpha value is -1.60. The van der Waals surface area contributed by atoms with Crippen LogP contribution in [0, 0.1) is 0 Å². The lowest BCUT2D eigenvalue weighted by Gasteiger charge is -2.21. The van der Waals surface area contributed by atoms with Gasteiger partial charge in [0.25, 0.3) is 5.24 Å². The number of nitrogens with zero attached hydrogens (tertiary/aromatic N) is 2. The third-order valence-electron chi connectivity index (χ3n) is 3.56. The first-order valence-corrected chi connectivity index (χ1v) is 8.51. The van der Waals surface area contributed by atoms with E-state index in [2.05, 4.69) is 0 Å². The fourth-order valence-corrected chi connectivity index (χ4v) is 3.91. The molecular formula is C14H14N2O3S2. The van der Waals surface area contributed by atoms with Crippen molar-refractivity contribution >= 4 is 46.2 Å². The van der Waals surface area contributed by atoms with E-state index in [0.717, 1.165) is 16.6 Å². The summed E-state index contributed by atoms with van der Waals surface area (Å²) in [6.07, 6.45) is 4.01. The molecule has 0 spiro atoms. The quantitative estimate of drug-likeness (QED) is 0.799. The molecule has 0 N–H and O–H groups in total. The minimum atomic E-state index is -0.187. The number of thioether (sulfide) groups is 1. The van der Waals surface area contributed by atoms with E-state index in [1.165, 1.54) is 4.90 Å². The number of thiophene rings is 1. The molecule has 1 unspecified atom stereocenters. The van der Waals surface area contributed by atoms with E-state index in [1.807, 2.05) is 17.5 Å². The number of hydrogen-bond donors (Lipinski definition) is 0. The molecule has 110 valence electrons. The Bertz CT molecular complexity index is 581. The van der Waals surface area contributed by atoms with Crippen LogP contribution in [0.5, 0.6) is 0 Å². The highest BCUT2D eigenvalue weighted by atomic mass is 32.2. The molecule has 3 heterocycles. The van der Waals surface area contributed by atoms with Crippen LogP contribution in [0.15, 0.2) is 23.6 Å². The van der Waals surface area contributed by atoms with E-state index < -0.39 is 0 Å². The molecule has 21 heavy (non-hydrogen) atoms. The lowest BCUT2D eigenvalue weighted by atomic mass is 10.2. The van der Waals surface area contributed by atoms with Crippen LogP contribution in [0.25, 0.3) is 6.08 Å². The Kier molecular flexibility index (Phi) is 4.12. The fourth-order valence-electron chi connectivity index (χ4n) is 2.51. The van der Waals surface area contributed by atoms with Gasteiger partial charge in [-0.3, -0.25) is 19.3 Å². The second-order valence-corrected chi connectivity index (χ2v) is 6.80. The summed E-state index contributed by atoms with van der Waals surface area (Å²) in [5.74, 6) is 0.0118. The summed E-state index contributed by atoms with van der Waals surface area (Å²) in [5.41, 5.74) is 0. The average Bonchev–Trinajstić information content (AvgIpc) is 3.18. The fraction of sp³-hybridized carbons (Fsp3) is 0.357. The molecule has 3 amide bonds. The zero-order chi connectivity index (χ0) is 14.8. The maximum absolute atomic E-state index is 12.1. The van der Waals surface area contributed by atoms with Gasteiger partial charge in [0.15, 0.2) is 0 Å². The molecule has 1 aromatic heterocycles. The summed E-state index contributed by atoms with van der Waals surface area (Å²) in [6.45, 7) is 1.02. The molecule has 0 bridgehead atoms. The molecule has 2 fully saturated rings. The van der Waals surface area contributed by atoms with E-state index in [9.17, 15) is 14.4 Å². The molecule has 0 aromatic carbocycles. The zero-order valence-corrected chi connectivity index (χ0v) is 12.9. The van der Waals surface area contributed by atoms with E-state index in [0.29, 0.717) is 19.5 Å². The van der Waals surface area contributed by atoms with Crippen molar-refractivity contribution in [3.63, 3.8) is 0 Å². The van der Waals surface area contributed by atoms with E-state index in [-0.39, 0.29) is 28.8 Å². The summed E-state index contributed by atoms with van der Waals surface area (Å²) in [7, 11) is 0. The highest BCUT2D eigenvalue weighted by molar-refractivity contribution is 8.14. The van der Waals surface area contributed by atoms with E-state index in [1.54, 1.807) is 28.4 Å². The minimum absolute atomic E-state index is 0.0716. The minimum Gasteiger partial charge on any atom is -0.337 e. The van der Waals surface area contributed by atoms with Gasteiger partial charge in [-0.1, -0.05) is 17.8 Å². The molecule has 2 aliphatic rings. The maximum atomic E-state index is 12.1. The third kappa shape index (κ3) is 3.03. The number of amides is 3. The van der Waals surface area contributed by atoms with Crippen molar-refractivity contribution in [3.05, 3.63) is 28.5 Å². The Labute approximate surface area is 130 Å². The van der Waals surface area contributed by atoms with Crippen molar-refractivity contribution in [1.82, 2.24) is 9.80 Å². The lowest BCUT2D eigenvalue weighted by Crippen LogP contribution is -2.41. The molecule has 0 radical (unpaired) electrons. The van der Waals surface area contributed by atoms with Gasteiger partial charge in [0, 0.05) is 24.0 Å². The van der Waals surface area contributed by atoms with Crippen molar-refractivity contribution in [2.45, 2.75) is 12.5 Å². The molecule has 7 heteroatoms. The van der Waals surface area contributed by atoms with Gasteiger partial charge < -0.3 is 4.90 Å². The first-order chi connectivity index (χ1) is 10.1. The highest BCUT2D eigenvalue weighted by Gasteiger charge is 2.39. The summed E-state index contributed by atoms with van der Waals surface area (Å²) < 4.78 is 0. The largest absolute Gasteiger partial charge is 0.337 e. The number of hydrogen-bond acceptors (Lipinski definition) is 5. The Morgan fingerprint density at radius 1 is 1.38 bits per heavy atom. The maximum Gasteiger partial charge on any atom is 0.289 e. The third-order valence-corrected chi connectivity index (χ3v) is 5.23. The Morgan fingerprint density at radius 3 is 2.90 bits per heavy atom. The predicted octanol–water partition coefficient (Wildman–Crippen LogP) is 2.06.